The van der Waals surface area contributed by atoms with E-state index in [1.807, 2.05) is 0 Å². The van der Waals surface area contributed by atoms with Crippen molar-refractivity contribution in [2.24, 2.45) is 5.92 Å². The van der Waals surface area contributed by atoms with Crippen LogP contribution in [0.1, 0.15) is 34.1 Å². The van der Waals surface area contributed by atoms with E-state index in [0.29, 0.717) is 5.92 Å². The van der Waals surface area contributed by atoms with Crippen molar-refractivity contribution >= 4 is 5.84 Å². The number of amidine groups is 1. The van der Waals surface area contributed by atoms with Crippen LogP contribution in [-0.2, 0) is 0 Å². The molecule has 0 spiro atoms. The largest absolute Gasteiger partial charge is 0.361 e. The first kappa shape index (κ1) is 10.5. The van der Waals surface area contributed by atoms with E-state index in [1.165, 1.54) is 0 Å². The summed E-state index contributed by atoms with van der Waals surface area (Å²) < 4.78 is 0. The molecule has 0 aliphatic heterocycles. The highest BCUT2D eigenvalue weighted by Crippen LogP contribution is 2.03. The fourth-order valence-corrected chi connectivity index (χ4v) is 1.12. The maximum Gasteiger partial charge on any atom is 0.0960 e. The lowest BCUT2D eigenvalue weighted by atomic mass is 10.1. The van der Waals surface area contributed by atoms with E-state index in [0.717, 1.165) is 25.3 Å². The zero-order valence-electron chi connectivity index (χ0n) is 8.15. The van der Waals surface area contributed by atoms with Crippen molar-refractivity contribution in [2.45, 2.75) is 34.1 Å². The van der Waals surface area contributed by atoms with E-state index in [2.05, 4.69) is 32.6 Å². The minimum atomic E-state index is 0.600. The molecule has 2 nitrogen and oxygen atoms in total. The lowest BCUT2D eigenvalue weighted by Crippen LogP contribution is -2.30. The molecule has 0 aromatic heterocycles. The maximum atomic E-state index is 7.70. The summed E-state index contributed by atoms with van der Waals surface area (Å²) in [5.74, 6) is 1.38. The van der Waals surface area contributed by atoms with Crippen LogP contribution in [0.25, 0.3) is 0 Å². The Morgan fingerprint density at radius 1 is 1.27 bits per heavy atom. The zero-order chi connectivity index (χ0) is 8.85. The van der Waals surface area contributed by atoms with Crippen molar-refractivity contribution in [1.29, 1.82) is 5.41 Å². The van der Waals surface area contributed by atoms with Crippen molar-refractivity contribution < 1.29 is 0 Å². The Morgan fingerprint density at radius 3 is 2.00 bits per heavy atom. The van der Waals surface area contributed by atoms with Gasteiger partial charge in [0, 0.05) is 19.5 Å². The summed E-state index contributed by atoms with van der Waals surface area (Å²) in [6.07, 6.45) is 0.904. The molecule has 0 bridgehead atoms. The van der Waals surface area contributed by atoms with Gasteiger partial charge in [0.05, 0.1) is 5.84 Å². The first-order valence-electron chi connectivity index (χ1n) is 4.44. The van der Waals surface area contributed by atoms with Gasteiger partial charge in [0.1, 0.15) is 0 Å². The molecule has 0 amide bonds. The Balaban J connectivity index is 3.79. The monoisotopic (exact) mass is 156 g/mol. The molecular formula is C9H20N2. The molecule has 0 atom stereocenters. The Bertz CT molecular complexity index is 115. The van der Waals surface area contributed by atoms with E-state index >= 15 is 0 Å². The predicted molar refractivity (Wildman–Crippen MR) is 50.1 cm³/mol. The minimum absolute atomic E-state index is 0.600. The molecule has 0 aromatic rings. The highest BCUT2D eigenvalue weighted by atomic mass is 15.1. The average Bonchev–Trinajstić information content (AvgIpc) is 1.88. The predicted octanol–water partition coefficient (Wildman–Crippen LogP) is 2.35. The van der Waals surface area contributed by atoms with E-state index in [-0.39, 0.29) is 0 Å². The van der Waals surface area contributed by atoms with Gasteiger partial charge in [0.15, 0.2) is 0 Å². The summed E-state index contributed by atoms with van der Waals surface area (Å²) in [6, 6.07) is 0. The standard InChI is InChI=1S/C9H20N2/c1-5-11(6-2)9(10)7-8(3)4/h8,10H,5-7H2,1-4H3. The van der Waals surface area contributed by atoms with Crippen molar-refractivity contribution in [3.8, 4) is 0 Å². The average molecular weight is 156 g/mol. The lowest BCUT2D eigenvalue weighted by Gasteiger charge is -2.22. The van der Waals surface area contributed by atoms with E-state index in [9.17, 15) is 0 Å². The molecule has 2 heteroatoms. The van der Waals surface area contributed by atoms with Crippen LogP contribution < -0.4 is 0 Å². The van der Waals surface area contributed by atoms with Gasteiger partial charge in [-0.3, -0.25) is 5.41 Å². The Hall–Kier alpha value is -0.530. The zero-order valence-corrected chi connectivity index (χ0v) is 8.15. The lowest BCUT2D eigenvalue weighted by molar-refractivity contribution is 0.441. The minimum Gasteiger partial charge on any atom is -0.361 e. The molecule has 0 heterocycles. The summed E-state index contributed by atoms with van der Waals surface area (Å²) in [5, 5.41) is 7.70. The molecular weight excluding hydrogens is 136 g/mol. The van der Waals surface area contributed by atoms with Crippen LogP contribution >= 0.6 is 0 Å². The number of hydrogen-bond donors (Lipinski definition) is 1. The van der Waals surface area contributed by atoms with Crippen molar-refractivity contribution in [2.75, 3.05) is 13.1 Å². The van der Waals surface area contributed by atoms with E-state index < -0.39 is 0 Å². The Morgan fingerprint density at radius 2 is 1.73 bits per heavy atom. The van der Waals surface area contributed by atoms with E-state index in [1.54, 1.807) is 0 Å². The van der Waals surface area contributed by atoms with Gasteiger partial charge in [0.2, 0.25) is 0 Å². The summed E-state index contributed by atoms with van der Waals surface area (Å²) in [7, 11) is 0. The fourth-order valence-electron chi connectivity index (χ4n) is 1.12. The van der Waals surface area contributed by atoms with Crippen molar-refractivity contribution in [3.63, 3.8) is 0 Å². The van der Waals surface area contributed by atoms with Gasteiger partial charge in [-0.25, -0.2) is 0 Å². The van der Waals surface area contributed by atoms with Gasteiger partial charge < -0.3 is 4.90 Å². The maximum absolute atomic E-state index is 7.70. The van der Waals surface area contributed by atoms with Gasteiger partial charge in [-0.05, 0) is 19.8 Å². The first-order chi connectivity index (χ1) is 5.11. The third-order valence-corrected chi connectivity index (χ3v) is 1.75. The molecule has 1 N–H and O–H groups in total. The molecule has 11 heavy (non-hydrogen) atoms. The van der Waals surface area contributed by atoms with Crippen LogP contribution in [0.2, 0.25) is 0 Å². The van der Waals surface area contributed by atoms with Gasteiger partial charge in [-0.2, -0.15) is 0 Å². The van der Waals surface area contributed by atoms with Crippen molar-refractivity contribution in [1.82, 2.24) is 4.90 Å². The smallest absolute Gasteiger partial charge is 0.0960 e. The molecule has 0 saturated carbocycles. The van der Waals surface area contributed by atoms with Gasteiger partial charge in [0.25, 0.3) is 0 Å². The molecule has 0 fully saturated rings. The molecule has 0 saturated heterocycles. The van der Waals surface area contributed by atoms with Crippen LogP contribution in [-0.4, -0.2) is 23.8 Å². The summed E-state index contributed by atoms with van der Waals surface area (Å²) in [6.45, 7) is 10.4. The number of hydrogen-bond acceptors (Lipinski definition) is 1. The summed E-state index contributed by atoms with van der Waals surface area (Å²) >= 11 is 0. The topological polar surface area (TPSA) is 27.1 Å². The van der Waals surface area contributed by atoms with Crippen LogP contribution in [0.4, 0.5) is 0 Å². The second kappa shape index (κ2) is 5.16. The summed E-state index contributed by atoms with van der Waals surface area (Å²) in [4.78, 5) is 2.10. The number of rotatable bonds is 4. The van der Waals surface area contributed by atoms with Gasteiger partial charge in [-0.15, -0.1) is 0 Å². The summed E-state index contributed by atoms with van der Waals surface area (Å²) in [5.41, 5.74) is 0. The van der Waals surface area contributed by atoms with Gasteiger partial charge in [-0.1, -0.05) is 13.8 Å². The van der Waals surface area contributed by atoms with Crippen LogP contribution in [0, 0.1) is 11.3 Å². The second-order valence-electron chi connectivity index (χ2n) is 3.22. The third-order valence-electron chi connectivity index (χ3n) is 1.75. The Kier molecular flexibility index (Phi) is 4.92. The SMILES string of the molecule is CCN(CC)C(=N)CC(C)C. The molecule has 66 valence electrons. The fraction of sp³-hybridized carbons (Fsp3) is 0.889. The second-order valence-corrected chi connectivity index (χ2v) is 3.22. The molecule has 0 aromatic carbocycles. The highest BCUT2D eigenvalue weighted by molar-refractivity contribution is 5.79. The van der Waals surface area contributed by atoms with Crippen molar-refractivity contribution in [3.05, 3.63) is 0 Å². The van der Waals surface area contributed by atoms with Crippen LogP contribution in [0.3, 0.4) is 0 Å². The molecule has 0 aliphatic rings. The number of nitrogens with one attached hydrogen (secondary N) is 1. The first-order valence-corrected chi connectivity index (χ1v) is 4.44. The Labute approximate surface area is 70.1 Å². The normalized spacial score (nSPS) is 10.3. The molecule has 0 unspecified atom stereocenters. The van der Waals surface area contributed by atoms with Crippen LogP contribution in [0.15, 0.2) is 0 Å². The number of nitrogens with zero attached hydrogens (tertiary/aromatic N) is 1. The molecule has 0 radical (unpaired) electrons. The molecule has 0 aliphatic carbocycles. The quantitative estimate of drug-likeness (QED) is 0.491. The van der Waals surface area contributed by atoms with E-state index in [4.69, 9.17) is 5.41 Å². The van der Waals surface area contributed by atoms with Crippen LogP contribution in [0.5, 0.6) is 0 Å². The third kappa shape index (κ3) is 4.02. The highest BCUT2D eigenvalue weighted by Gasteiger charge is 2.06. The molecule has 0 rings (SSSR count). The van der Waals surface area contributed by atoms with Gasteiger partial charge >= 0.3 is 0 Å².